The van der Waals surface area contributed by atoms with E-state index in [0.717, 1.165) is 11.3 Å². The van der Waals surface area contributed by atoms with Crippen LogP contribution >= 0.6 is 0 Å². The Kier molecular flexibility index (Phi) is 4.39. The second-order valence-corrected chi connectivity index (χ2v) is 5.44. The first-order chi connectivity index (χ1) is 10.8. The smallest absolute Gasteiger partial charge is 0.237 e. The highest BCUT2D eigenvalue weighted by molar-refractivity contribution is 5.83. The number of piperazine rings is 1. The maximum absolute atomic E-state index is 12.2. The number of hydrogen-bond donors (Lipinski definition) is 2. The third-order valence-electron chi connectivity index (χ3n) is 4.02. The largest absolute Gasteiger partial charge is 0.496 e. The number of carbonyl (C=O) groups excluding carboxylic acids is 1. The summed E-state index contributed by atoms with van der Waals surface area (Å²) < 4.78 is 5.37. The molecule has 0 unspecified atom stereocenters. The number of para-hydroxylation sites is 1. The van der Waals surface area contributed by atoms with Gasteiger partial charge in [-0.05, 0) is 17.2 Å². The molecule has 1 fully saturated rings. The average molecular weight is 296 g/mol. The van der Waals surface area contributed by atoms with Crippen LogP contribution in [0, 0.1) is 0 Å². The van der Waals surface area contributed by atoms with E-state index in [9.17, 15) is 4.79 Å². The van der Waals surface area contributed by atoms with Crippen LogP contribution in [-0.4, -0.2) is 25.6 Å². The molecule has 1 heterocycles. The molecule has 0 saturated carbocycles. The number of carbonyl (C=O) groups is 1. The lowest BCUT2D eigenvalue weighted by atomic mass is 9.98. The number of methoxy groups -OCH3 is 1. The second kappa shape index (κ2) is 6.62. The number of ether oxygens (including phenoxy) is 1. The van der Waals surface area contributed by atoms with Crippen LogP contribution in [0.5, 0.6) is 5.75 Å². The Morgan fingerprint density at radius 3 is 2.59 bits per heavy atom. The van der Waals surface area contributed by atoms with Crippen LogP contribution in [0.4, 0.5) is 0 Å². The maximum atomic E-state index is 12.2. The Hall–Kier alpha value is -2.33. The Morgan fingerprint density at radius 2 is 1.82 bits per heavy atom. The van der Waals surface area contributed by atoms with Crippen LogP contribution in [0.2, 0.25) is 0 Å². The minimum atomic E-state index is -0.254. The molecule has 0 aromatic heterocycles. The van der Waals surface area contributed by atoms with Gasteiger partial charge in [-0.3, -0.25) is 10.1 Å². The van der Waals surface area contributed by atoms with E-state index < -0.39 is 0 Å². The van der Waals surface area contributed by atoms with E-state index in [1.807, 2.05) is 42.5 Å². The molecule has 4 heteroatoms. The second-order valence-electron chi connectivity index (χ2n) is 5.44. The molecule has 2 atom stereocenters. The Morgan fingerprint density at radius 1 is 1.09 bits per heavy atom. The summed E-state index contributed by atoms with van der Waals surface area (Å²) in [4.78, 5) is 12.2. The van der Waals surface area contributed by atoms with Crippen LogP contribution < -0.4 is 15.4 Å². The van der Waals surface area contributed by atoms with E-state index in [1.165, 1.54) is 5.56 Å². The zero-order valence-electron chi connectivity index (χ0n) is 12.6. The molecule has 114 valence electrons. The van der Waals surface area contributed by atoms with Crippen molar-refractivity contribution in [2.45, 2.75) is 18.5 Å². The van der Waals surface area contributed by atoms with Gasteiger partial charge in [-0.15, -0.1) is 0 Å². The fourth-order valence-corrected chi connectivity index (χ4v) is 2.85. The van der Waals surface area contributed by atoms with Crippen molar-refractivity contribution >= 4 is 5.91 Å². The van der Waals surface area contributed by atoms with Gasteiger partial charge >= 0.3 is 0 Å². The monoisotopic (exact) mass is 296 g/mol. The minimum Gasteiger partial charge on any atom is -0.496 e. The van der Waals surface area contributed by atoms with Crippen molar-refractivity contribution in [2.75, 3.05) is 13.7 Å². The number of benzene rings is 2. The van der Waals surface area contributed by atoms with E-state index in [1.54, 1.807) is 7.11 Å². The molecule has 0 aliphatic carbocycles. The molecular formula is C18H20N2O2. The predicted octanol–water partition coefficient (Wildman–Crippen LogP) is 2.07. The van der Waals surface area contributed by atoms with Gasteiger partial charge in [0.25, 0.3) is 0 Å². The first-order valence-electron chi connectivity index (χ1n) is 7.48. The van der Waals surface area contributed by atoms with Crippen LogP contribution in [0.15, 0.2) is 54.6 Å². The Labute approximate surface area is 130 Å². The normalized spacial score (nSPS) is 21.2. The van der Waals surface area contributed by atoms with E-state index in [-0.39, 0.29) is 18.0 Å². The van der Waals surface area contributed by atoms with Gasteiger partial charge < -0.3 is 10.1 Å². The van der Waals surface area contributed by atoms with Crippen LogP contribution in [0.1, 0.15) is 17.2 Å². The van der Waals surface area contributed by atoms with Crippen molar-refractivity contribution < 1.29 is 9.53 Å². The third-order valence-corrected chi connectivity index (χ3v) is 4.02. The van der Waals surface area contributed by atoms with E-state index in [0.29, 0.717) is 13.0 Å². The summed E-state index contributed by atoms with van der Waals surface area (Å²) in [5.41, 5.74) is 2.22. The van der Waals surface area contributed by atoms with Crippen molar-refractivity contribution in [1.29, 1.82) is 0 Å². The molecule has 22 heavy (non-hydrogen) atoms. The number of amides is 1. The van der Waals surface area contributed by atoms with Crippen molar-refractivity contribution in [1.82, 2.24) is 10.6 Å². The third kappa shape index (κ3) is 3.12. The first kappa shape index (κ1) is 14.6. The first-order valence-corrected chi connectivity index (χ1v) is 7.48. The van der Waals surface area contributed by atoms with Crippen LogP contribution in [0.3, 0.4) is 0 Å². The van der Waals surface area contributed by atoms with E-state index >= 15 is 0 Å². The van der Waals surface area contributed by atoms with Gasteiger partial charge in [0, 0.05) is 13.0 Å². The molecule has 1 aliphatic rings. The summed E-state index contributed by atoms with van der Waals surface area (Å²) in [7, 11) is 1.65. The zero-order valence-corrected chi connectivity index (χ0v) is 12.6. The molecule has 2 aromatic rings. The topological polar surface area (TPSA) is 50.4 Å². The molecule has 2 aromatic carbocycles. The van der Waals surface area contributed by atoms with E-state index in [2.05, 4.69) is 22.8 Å². The van der Waals surface area contributed by atoms with Gasteiger partial charge in [0.05, 0.1) is 19.2 Å². The highest BCUT2D eigenvalue weighted by atomic mass is 16.5. The summed E-state index contributed by atoms with van der Waals surface area (Å²) in [6.45, 7) is 0.616. The van der Waals surface area contributed by atoms with E-state index in [4.69, 9.17) is 4.74 Å². The lowest BCUT2D eigenvalue weighted by Gasteiger charge is -2.31. The van der Waals surface area contributed by atoms with Gasteiger partial charge in [0.2, 0.25) is 5.91 Å². The summed E-state index contributed by atoms with van der Waals surface area (Å²) in [6.07, 6.45) is 0.610. The Bertz CT molecular complexity index is 643. The highest BCUT2D eigenvalue weighted by Crippen LogP contribution is 2.22. The highest BCUT2D eigenvalue weighted by Gasteiger charge is 2.29. The SMILES string of the molecule is COc1ccccc1C[C@@H]1N[C@@H](c2ccccc2)CNC1=O. The number of rotatable bonds is 4. The summed E-state index contributed by atoms with van der Waals surface area (Å²) in [5.74, 6) is 0.858. The quantitative estimate of drug-likeness (QED) is 0.908. The van der Waals surface area contributed by atoms with Crippen molar-refractivity contribution in [3.63, 3.8) is 0 Å². The molecular weight excluding hydrogens is 276 g/mol. The number of hydrogen-bond acceptors (Lipinski definition) is 3. The summed E-state index contributed by atoms with van der Waals surface area (Å²) in [6, 6.07) is 17.9. The lowest BCUT2D eigenvalue weighted by molar-refractivity contribution is -0.125. The van der Waals surface area contributed by atoms with Crippen molar-refractivity contribution in [3.05, 3.63) is 65.7 Å². The fourth-order valence-electron chi connectivity index (χ4n) is 2.85. The summed E-state index contributed by atoms with van der Waals surface area (Å²) in [5, 5.41) is 6.45. The molecule has 1 saturated heterocycles. The van der Waals surface area contributed by atoms with Crippen molar-refractivity contribution in [3.8, 4) is 5.75 Å². The molecule has 0 spiro atoms. The Balaban J connectivity index is 1.76. The molecule has 1 aliphatic heterocycles. The molecule has 4 nitrogen and oxygen atoms in total. The van der Waals surface area contributed by atoms with Gasteiger partial charge in [-0.2, -0.15) is 0 Å². The molecule has 3 rings (SSSR count). The molecule has 2 N–H and O–H groups in total. The van der Waals surface area contributed by atoms with Crippen molar-refractivity contribution in [2.24, 2.45) is 0 Å². The van der Waals surface area contributed by atoms with Gasteiger partial charge in [-0.1, -0.05) is 48.5 Å². The average Bonchev–Trinajstić information content (AvgIpc) is 2.58. The van der Waals surface area contributed by atoms with Gasteiger partial charge in [0.1, 0.15) is 5.75 Å². The van der Waals surface area contributed by atoms with Gasteiger partial charge in [0.15, 0.2) is 0 Å². The molecule has 1 amide bonds. The van der Waals surface area contributed by atoms with Crippen LogP contribution in [-0.2, 0) is 11.2 Å². The van der Waals surface area contributed by atoms with Gasteiger partial charge in [-0.25, -0.2) is 0 Å². The summed E-state index contributed by atoms with van der Waals surface area (Å²) >= 11 is 0. The lowest BCUT2D eigenvalue weighted by Crippen LogP contribution is -2.55. The maximum Gasteiger partial charge on any atom is 0.237 e. The fraction of sp³-hybridized carbons (Fsp3) is 0.278. The predicted molar refractivity (Wildman–Crippen MR) is 85.8 cm³/mol. The number of nitrogens with one attached hydrogen (secondary N) is 2. The minimum absolute atomic E-state index is 0.0399. The standard InChI is InChI=1S/C18H20N2O2/c1-22-17-10-6-5-9-14(17)11-15-18(21)19-12-16(20-15)13-7-3-2-4-8-13/h2-10,15-16,20H,11-12H2,1H3,(H,19,21)/t15-,16+/m0/s1. The molecule has 0 bridgehead atoms. The zero-order chi connectivity index (χ0) is 15.4. The van der Waals surface area contributed by atoms with Crippen LogP contribution in [0.25, 0.3) is 0 Å². The molecule has 0 radical (unpaired) electrons.